The van der Waals surface area contributed by atoms with Gasteiger partial charge in [-0.1, -0.05) is 0 Å². The van der Waals surface area contributed by atoms with Gasteiger partial charge in [0.2, 0.25) is 0 Å². The summed E-state index contributed by atoms with van der Waals surface area (Å²) in [5.41, 5.74) is 0.115. The minimum atomic E-state index is -0.575. The Balaban J connectivity index is 1.93. The summed E-state index contributed by atoms with van der Waals surface area (Å²) < 4.78 is 37.1. The van der Waals surface area contributed by atoms with Crippen molar-refractivity contribution in [3.05, 3.63) is 35.4 Å². The van der Waals surface area contributed by atoms with E-state index in [-0.39, 0.29) is 11.8 Å². The molecule has 1 N–H and O–H groups in total. The minimum absolute atomic E-state index is 0.140. The van der Waals surface area contributed by atoms with Gasteiger partial charge in [0.05, 0.1) is 18.8 Å². The molecule has 0 amide bonds. The van der Waals surface area contributed by atoms with Crippen molar-refractivity contribution in [1.29, 1.82) is 0 Å². The van der Waals surface area contributed by atoms with E-state index in [9.17, 15) is 8.78 Å². The van der Waals surface area contributed by atoms with Gasteiger partial charge in [-0.3, -0.25) is 0 Å². The van der Waals surface area contributed by atoms with Gasteiger partial charge in [0, 0.05) is 18.9 Å². The van der Waals surface area contributed by atoms with Crippen LogP contribution in [0.2, 0.25) is 0 Å². The molecular formula is C15H20F2NO2+. The van der Waals surface area contributed by atoms with Crippen molar-refractivity contribution in [2.75, 3.05) is 13.2 Å². The molecule has 0 radical (unpaired) electrons. The Hall–Kier alpha value is -1.33. The summed E-state index contributed by atoms with van der Waals surface area (Å²) in [4.78, 5) is 3.16. The van der Waals surface area contributed by atoms with Gasteiger partial charge in [0.15, 0.2) is 18.0 Å². The Morgan fingerprint density at radius 3 is 2.65 bits per heavy atom. The first-order valence-corrected chi connectivity index (χ1v) is 6.75. The lowest BCUT2D eigenvalue weighted by Gasteiger charge is -2.16. The van der Waals surface area contributed by atoms with E-state index in [1.807, 2.05) is 13.8 Å². The van der Waals surface area contributed by atoms with E-state index in [0.29, 0.717) is 18.8 Å². The second-order valence-corrected chi connectivity index (χ2v) is 5.55. The zero-order chi connectivity index (χ0) is 14.6. The summed E-state index contributed by atoms with van der Waals surface area (Å²) in [6.07, 6.45) is 3.03. The lowest BCUT2D eigenvalue weighted by atomic mass is 9.99. The molecule has 1 aliphatic rings. The average molecular weight is 284 g/mol. The van der Waals surface area contributed by atoms with E-state index < -0.39 is 11.6 Å². The normalized spacial score (nSPS) is 17.2. The van der Waals surface area contributed by atoms with Gasteiger partial charge >= 0.3 is 0 Å². The highest BCUT2D eigenvalue weighted by atomic mass is 19.1. The van der Waals surface area contributed by atoms with Crippen LogP contribution in [0.3, 0.4) is 0 Å². The third-order valence-corrected chi connectivity index (χ3v) is 3.28. The number of rotatable bonds is 5. The zero-order valence-electron chi connectivity index (χ0n) is 11.8. The zero-order valence-corrected chi connectivity index (χ0v) is 11.8. The third kappa shape index (κ3) is 4.35. The van der Waals surface area contributed by atoms with Crippen LogP contribution in [0.4, 0.5) is 8.78 Å². The molecule has 0 spiro atoms. The second-order valence-electron chi connectivity index (χ2n) is 5.55. The fourth-order valence-electron chi connectivity index (χ4n) is 2.02. The molecule has 20 heavy (non-hydrogen) atoms. The molecule has 0 bridgehead atoms. The van der Waals surface area contributed by atoms with E-state index in [0.717, 1.165) is 18.9 Å². The van der Waals surface area contributed by atoms with Crippen LogP contribution in [-0.4, -0.2) is 31.3 Å². The van der Waals surface area contributed by atoms with Crippen LogP contribution < -0.4 is 4.99 Å². The van der Waals surface area contributed by atoms with E-state index in [2.05, 4.69) is 4.99 Å². The van der Waals surface area contributed by atoms with Crippen LogP contribution >= 0.6 is 0 Å². The molecule has 1 aromatic rings. The molecule has 5 heteroatoms. The Morgan fingerprint density at radius 1 is 1.30 bits per heavy atom. The third-order valence-electron chi connectivity index (χ3n) is 3.28. The highest BCUT2D eigenvalue weighted by Crippen LogP contribution is 2.14. The van der Waals surface area contributed by atoms with Crippen molar-refractivity contribution in [3.63, 3.8) is 0 Å². The molecule has 0 unspecified atom stereocenters. The Morgan fingerprint density at radius 2 is 2.00 bits per heavy atom. The Labute approximate surface area is 117 Å². The molecule has 3 nitrogen and oxygen atoms in total. The molecule has 0 atom stereocenters. The smallest absolute Gasteiger partial charge is 0.172 e. The van der Waals surface area contributed by atoms with Crippen molar-refractivity contribution in [3.8, 4) is 0 Å². The van der Waals surface area contributed by atoms with Crippen molar-refractivity contribution in [2.24, 2.45) is 0 Å². The fourth-order valence-corrected chi connectivity index (χ4v) is 2.02. The SMILES string of the molecule is CC(C)(CCC1OCCO1)[NH+]=Cc1ccc(F)cc1F. The summed E-state index contributed by atoms with van der Waals surface area (Å²) in [5, 5.41) is 0. The summed E-state index contributed by atoms with van der Waals surface area (Å²) in [7, 11) is 0. The first-order chi connectivity index (χ1) is 9.46. The van der Waals surface area contributed by atoms with Gasteiger partial charge in [-0.25, -0.2) is 13.8 Å². The van der Waals surface area contributed by atoms with Crippen LogP contribution in [0.5, 0.6) is 0 Å². The topological polar surface area (TPSA) is 32.4 Å². The lowest BCUT2D eigenvalue weighted by molar-refractivity contribution is -0.541. The van der Waals surface area contributed by atoms with E-state index >= 15 is 0 Å². The Bertz CT molecular complexity index is 483. The van der Waals surface area contributed by atoms with Crippen molar-refractivity contribution in [2.45, 2.75) is 38.5 Å². The van der Waals surface area contributed by atoms with Crippen molar-refractivity contribution < 1.29 is 23.2 Å². The molecular weight excluding hydrogens is 264 g/mol. The van der Waals surface area contributed by atoms with Crippen LogP contribution in [0, 0.1) is 11.6 Å². The highest BCUT2D eigenvalue weighted by molar-refractivity contribution is 5.75. The predicted molar refractivity (Wildman–Crippen MR) is 71.5 cm³/mol. The number of halogens is 2. The predicted octanol–water partition coefficient (Wildman–Crippen LogP) is 1.40. The molecule has 110 valence electrons. The quantitative estimate of drug-likeness (QED) is 0.829. The monoisotopic (exact) mass is 284 g/mol. The first-order valence-electron chi connectivity index (χ1n) is 6.75. The molecule has 0 aromatic heterocycles. The standard InChI is InChI=1S/C15H19F2NO2/c1-15(2,6-5-14-19-7-8-20-14)18-10-11-3-4-12(16)9-13(11)17/h3-4,9-10,14H,5-8H2,1-2H3/p+1. The van der Waals surface area contributed by atoms with Gasteiger partial charge in [-0.15, -0.1) is 0 Å². The number of hydrogen-bond donors (Lipinski definition) is 1. The summed E-state index contributed by atoms with van der Waals surface area (Å²) in [6.45, 7) is 5.32. The molecule has 2 rings (SSSR count). The van der Waals surface area contributed by atoms with Crippen molar-refractivity contribution in [1.82, 2.24) is 0 Å². The molecule has 1 heterocycles. The number of benzene rings is 1. The maximum Gasteiger partial charge on any atom is 0.172 e. The van der Waals surface area contributed by atoms with Gasteiger partial charge < -0.3 is 9.47 Å². The molecule has 1 aromatic carbocycles. The van der Waals surface area contributed by atoms with Gasteiger partial charge in [-0.2, -0.15) is 0 Å². The number of ether oxygens (including phenoxy) is 2. The van der Waals surface area contributed by atoms with E-state index in [1.54, 1.807) is 6.21 Å². The summed E-state index contributed by atoms with van der Waals surface area (Å²) in [5.74, 6) is -1.15. The van der Waals surface area contributed by atoms with Gasteiger partial charge in [-0.05, 0) is 26.0 Å². The van der Waals surface area contributed by atoms with Gasteiger partial charge in [0.25, 0.3) is 0 Å². The number of hydrogen-bond acceptors (Lipinski definition) is 2. The van der Waals surface area contributed by atoms with E-state index in [1.165, 1.54) is 12.1 Å². The van der Waals surface area contributed by atoms with Gasteiger partial charge in [0.1, 0.15) is 11.6 Å². The number of nitrogens with one attached hydrogen (secondary N) is 1. The minimum Gasteiger partial charge on any atom is -0.350 e. The molecule has 0 saturated carbocycles. The summed E-state index contributed by atoms with van der Waals surface area (Å²) >= 11 is 0. The van der Waals surface area contributed by atoms with Crippen molar-refractivity contribution >= 4 is 6.21 Å². The first kappa shape index (κ1) is 15.1. The highest BCUT2D eigenvalue weighted by Gasteiger charge is 2.26. The fraction of sp³-hybridized carbons (Fsp3) is 0.533. The van der Waals surface area contributed by atoms with Crippen LogP contribution in [0.25, 0.3) is 0 Å². The Kier molecular flexibility index (Phi) is 4.83. The molecule has 1 saturated heterocycles. The molecule has 0 aliphatic carbocycles. The van der Waals surface area contributed by atoms with Crippen LogP contribution in [-0.2, 0) is 9.47 Å². The van der Waals surface area contributed by atoms with Crippen LogP contribution in [0.15, 0.2) is 18.2 Å². The average Bonchev–Trinajstić information content (AvgIpc) is 2.89. The maximum absolute atomic E-state index is 13.5. The summed E-state index contributed by atoms with van der Waals surface area (Å²) in [6, 6.07) is 3.53. The maximum atomic E-state index is 13.5. The second kappa shape index (κ2) is 6.41. The lowest BCUT2D eigenvalue weighted by Crippen LogP contribution is -2.83. The van der Waals surface area contributed by atoms with Crippen LogP contribution in [0.1, 0.15) is 32.3 Å². The molecule has 1 fully saturated rings. The molecule has 1 aliphatic heterocycles. The van der Waals surface area contributed by atoms with E-state index in [4.69, 9.17) is 9.47 Å². The largest absolute Gasteiger partial charge is 0.350 e.